The van der Waals surface area contributed by atoms with E-state index in [2.05, 4.69) is 16.3 Å². The number of hydrogen-bond donors (Lipinski definition) is 1. The van der Waals surface area contributed by atoms with Crippen LogP contribution in [0.15, 0.2) is 41.8 Å². The van der Waals surface area contributed by atoms with E-state index in [0.29, 0.717) is 22.9 Å². The summed E-state index contributed by atoms with van der Waals surface area (Å²) in [5.41, 5.74) is 0.702. The summed E-state index contributed by atoms with van der Waals surface area (Å²) in [5, 5.41) is 18.1. The first kappa shape index (κ1) is 20.8. The minimum absolute atomic E-state index is 0.167. The predicted octanol–water partition coefficient (Wildman–Crippen LogP) is 4.58. The van der Waals surface area contributed by atoms with Crippen molar-refractivity contribution in [2.24, 2.45) is 0 Å². The van der Waals surface area contributed by atoms with E-state index in [1.54, 1.807) is 16.4 Å². The fourth-order valence-electron chi connectivity index (χ4n) is 3.00. The first-order valence-electron chi connectivity index (χ1n) is 9.18. The topological polar surface area (TPSA) is 86.9 Å². The number of benzene rings is 1. The third-order valence-corrected chi connectivity index (χ3v) is 5.52. The molecule has 0 bridgehead atoms. The van der Waals surface area contributed by atoms with Gasteiger partial charge in [-0.1, -0.05) is 6.07 Å². The summed E-state index contributed by atoms with van der Waals surface area (Å²) in [4.78, 5) is 15.9. The Kier molecular flexibility index (Phi) is 6.80. The first-order chi connectivity index (χ1) is 14.1. The fourth-order valence-corrected chi connectivity index (χ4v) is 4.00. The highest BCUT2D eigenvalue weighted by Crippen LogP contribution is 2.28. The number of hydrogen-bond acceptors (Lipinski definition) is 6. The van der Waals surface area contributed by atoms with Gasteiger partial charge in [-0.25, -0.2) is 0 Å². The van der Waals surface area contributed by atoms with Crippen LogP contribution < -0.4 is 9.64 Å². The molecule has 0 aliphatic heterocycles. The fraction of sp³-hybridized carbons (Fsp3) is 0.300. The molecule has 9 heteroatoms. The maximum Gasteiger partial charge on any atom is 0.249 e. The number of H-pyrrole nitrogens is 1. The Morgan fingerprint density at radius 1 is 1.41 bits per heavy atom. The summed E-state index contributed by atoms with van der Waals surface area (Å²) >= 11 is 6.92. The van der Waals surface area contributed by atoms with Crippen molar-refractivity contribution in [2.75, 3.05) is 18.1 Å². The molecule has 1 amide bonds. The van der Waals surface area contributed by atoms with E-state index < -0.39 is 6.04 Å². The average molecular weight is 428 g/mol. The summed E-state index contributed by atoms with van der Waals surface area (Å²) in [6.07, 6.45) is 0.222. The molecule has 1 unspecified atom stereocenters. The minimum Gasteiger partial charge on any atom is -0.494 e. The van der Waals surface area contributed by atoms with Crippen molar-refractivity contribution in [1.82, 2.24) is 14.8 Å². The van der Waals surface area contributed by atoms with Crippen LogP contribution in [0.3, 0.4) is 0 Å². The molecule has 1 atom stereocenters. The van der Waals surface area contributed by atoms with Crippen molar-refractivity contribution < 1.29 is 9.53 Å². The van der Waals surface area contributed by atoms with E-state index in [-0.39, 0.29) is 18.9 Å². The summed E-state index contributed by atoms with van der Waals surface area (Å²) in [6, 6.07) is 12.6. The van der Waals surface area contributed by atoms with Gasteiger partial charge in [0.05, 0.1) is 24.0 Å². The molecule has 2 aromatic heterocycles. The molecule has 0 aliphatic rings. The van der Waals surface area contributed by atoms with E-state index >= 15 is 0 Å². The summed E-state index contributed by atoms with van der Waals surface area (Å²) in [5.74, 6) is 1.19. The molecular formula is C20H21N5O2S2. The van der Waals surface area contributed by atoms with Crippen molar-refractivity contribution in [3.63, 3.8) is 0 Å². The highest BCUT2D eigenvalue weighted by Gasteiger charge is 2.26. The highest BCUT2D eigenvalue weighted by molar-refractivity contribution is 7.71. The zero-order chi connectivity index (χ0) is 20.8. The molecule has 2 heterocycles. The van der Waals surface area contributed by atoms with Crippen LogP contribution in [0.4, 0.5) is 5.69 Å². The van der Waals surface area contributed by atoms with Gasteiger partial charge in [-0.15, -0.1) is 11.3 Å². The van der Waals surface area contributed by atoms with Crippen LogP contribution in [0.5, 0.6) is 5.75 Å². The van der Waals surface area contributed by atoms with E-state index in [4.69, 9.17) is 22.2 Å². The third-order valence-electron chi connectivity index (χ3n) is 4.36. The van der Waals surface area contributed by atoms with Crippen LogP contribution in [0, 0.1) is 16.1 Å². The second-order valence-electron chi connectivity index (χ2n) is 6.20. The number of nitrogens with one attached hydrogen (secondary N) is 1. The molecule has 150 valence electrons. The van der Waals surface area contributed by atoms with E-state index in [0.717, 1.165) is 10.6 Å². The Labute approximate surface area is 178 Å². The Hall–Kier alpha value is -2.96. The Morgan fingerprint density at radius 3 is 2.79 bits per heavy atom. The lowest BCUT2D eigenvalue weighted by Gasteiger charge is -2.26. The van der Waals surface area contributed by atoms with Gasteiger partial charge in [0.1, 0.15) is 11.8 Å². The van der Waals surface area contributed by atoms with Crippen LogP contribution in [0.25, 0.3) is 10.7 Å². The number of ether oxygens (including phenoxy) is 1. The van der Waals surface area contributed by atoms with E-state index in [1.165, 1.54) is 11.3 Å². The first-order valence-corrected chi connectivity index (χ1v) is 10.5. The number of aromatic amines is 1. The summed E-state index contributed by atoms with van der Waals surface area (Å²) in [6.45, 7) is 4.56. The van der Waals surface area contributed by atoms with Crippen LogP contribution in [-0.2, 0) is 4.79 Å². The molecule has 0 saturated carbocycles. The number of thiophene rings is 1. The predicted molar refractivity (Wildman–Crippen MR) is 116 cm³/mol. The van der Waals surface area contributed by atoms with Gasteiger partial charge in [0.2, 0.25) is 5.91 Å². The lowest BCUT2D eigenvalue weighted by Crippen LogP contribution is -2.37. The van der Waals surface area contributed by atoms with Crippen LogP contribution in [0.1, 0.15) is 26.3 Å². The zero-order valence-electron chi connectivity index (χ0n) is 16.2. The average Bonchev–Trinajstić information content (AvgIpc) is 3.38. The lowest BCUT2D eigenvalue weighted by molar-refractivity contribution is -0.121. The number of amides is 1. The lowest BCUT2D eigenvalue weighted by atomic mass is 10.2. The number of carbonyl (C=O) groups is 1. The van der Waals surface area contributed by atoms with Gasteiger partial charge in [0.25, 0.3) is 0 Å². The van der Waals surface area contributed by atoms with Crippen molar-refractivity contribution in [1.29, 1.82) is 5.26 Å². The molecule has 29 heavy (non-hydrogen) atoms. The molecule has 0 radical (unpaired) electrons. The second kappa shape index (κ2) is 9.49. The van der Waals surface area contributed by atoms with E-state index in [9.17, 15) is 4.79 Å². The largest absolute Gasteiger partial charge is 0.494 e. The van der Waals surface area contributed by atoms with Crippen LogP contribution >= 0.6 is 23.6 Å². The number of anilines is 1. The van der Waals surface area contributed by atoms with Gasteiger partial charge in [-0.3, -0.25) is 14.5 Å². The van der Waals surface area contributed by atoms with Crippen molar-refractivity contribution in [3.8, 4) is 22.5 Å². The molecule has 1 aromatic carbocycles. The smallest absolute Gasteiger partial charge is 0.249 e. The Bertz CT molecular complexity index is 1050. The normalized spacial score (nSPS) is 11.6. The third kappa shape index (κ3) is 4.55. The molecule has 3 aromatic rings. The number of nitrogens with zero attached hydrogens (tertiary/aromatic N) is 4. The molecule has 0 fully saturated rings. The maximum absolute atomic E-state index is 13.4. The van der Waals surface area contributed by atoms with Crippen molar-refractivity contribution in [3.05, 3.63) is 46.5 Å². The SMILES string of the molecule is CCOc1ccc(N(CCC#N)C(=O)C(C)n2c(-c3cccs3)n[nH]c2=S)cc1. The van der Waals surface area contributed by atoms with Crippen LogP contribution in [0.2, 0.25) is 0 Å². The van der Waals surface area contributed by atoms with Gasteiger partial charge in [0, 0.05) is 12.2 Å². The molecular weight excluding hydrogens is 406 g/mol. The van der Waals surface area contributed by atoms with Gasteiger partial charge < -0.3 is 9.64 Å². The number of nitriles is 1. The quantitative estimate of drug-likeness (QED) is 0.532. The molecule has 0 aliphatic carbocycles. The maximum atomic E-state index is 13.4. The van der Waals surface area contributed by atoms with E-state index in [1.807, 2.05) is 48.7 Å². The van der Waals surface area contributed by atoms with Gasteiger partial charge in [-0.05, 0) is 61.8 Å². The summed E-state index contributed by atoms with van der Waals surface area (Å²) < 4.78 is 7.57. The molecule has 1 N–H and O–H groups in total. The van der Waals surface area contributed by atoms with Crippen molar-refractivity contribution in [2.45, 2.75) is 26.3 Å². The van der Waals surface area contributed by atoms with Crippen LogP contribution in [-0.4, -0.2) is 33.8 Å². The summed E-state index contributed by atoms with van der Waals surface area (Å²) in [7, 11) is 0. The Balaban J connectivity index is 1.93. The monoisotopic (exact) mass is 427 g/mol. The molecule has 7 nitrogen and oxygen atoms in total. The molecule has 0 spiro atoms. The number of carbonyl (C=O) groups excluding carboxylic acids is 1. The second-order valence-corrected chi connectivity index (χ2v) is 7.53. The van der Waals surface area contributed by atoms with Gasteiger partial charge in [0.15, 0.2) is 10.6 Å². The Morgan fingerprint density at radius 2 is 2.17 bits per heavy atom. The van der Waals surface area contributed by atoms with Gasteiger partial charge in [-0.2, -0.15) is 10.4 Å². The minimum atomic E-state index is -0.594. The van der Waals surface area contributed by atoms with Crippen molar-refractivity contribution >= 4 is 35.1 Å². The highest BCUT2D eigenvalue weighted by atomic mass is 32.1. The van der Waals surface area contributed by atoms with Gasteiger partial charge >= 0.3 is 0 Å². The number of aromatic nitrogens is 3. The zero-order valence-corrected chi connectivity index (χ0v) is 17.8. The number of rotatable bonds is 8. The molecule has 3 rings (SSSR count). The standard InChI is InChI=1S/C20H21N5O2S2/c1-3-27-16-9-7-15(8-10-16)24(12-5-11-21)19(26)14(2)25-18(22-23-20(25)28)17-6-4-13-29-17/h4,6-10,13-14H,3,5,12H2,1-2H3,(H,23,28). The molecule has 0 saturated heterocycles.